The minimum Gasteiger partial charge on any atom is -0.378 e. The molecule has 1 atom stereocenters. The molecule has 19 heavy (non-hydrogen) atoms. The largest absolute Gasteiger partial charge is 0.378 e. The highest BCUT2D eigenvalue weighted by Gasteiger charge is 2.23. The van der Waals surface area contributed by atoms with E-state index in [1.54, 1.807) is 0 Å². The van der Waals surface area contributed by atoms with Crippen LogP contribution in [0.5, 0.6) is 0 Å². The van der Waals surface area contributed by atoms with Crippen LogP contribution in [0.4, 0.5) is 5.69 Å². The van der Waals surface area contributed by atoms with Crippen molar-refractivity contribution in [3.8, 4) is 0 Å². The smallest absolute Gasteiger partial charge is 0.0595 e. The lowest BCUT2D eigenvalue weighted by Gasteiger charge is -2.12. The first-order chi connectivity index (χ1) is 9.04. The second-order valence-corrected chi connectivity index (χ2v) is 5.98. The van der Waals surface area contributed by atoms with E-state index >= 15 is 0 Å². The zero-order valence-electron chi connectivity index (χ0n) is 10.9. The summed E-state index contributed by atoms with van der Waals surface area (Å²) in [5.41, 5.74) is 6.45. The number of nitrogens with one attached hydrogen (secondary N) is 1. The number of hydrogen-bond acceptors (Lipinski definition) is 1. The summed E-state index contributed by atoms with van der Waals surface area (Å²) in [5, 5.41) is 4.78. The van der Waals surface area contributed by atoms with Gasteiger partial charge in [0, 0.05) is 5.69 Å². The third-order valence-corrected chi connectivity index (χ3v) is 4.56. The summed E-state index contributed by atoms with van der Waals surface area (Å²) in [6.07, 6.45) is 0.994. The summed E-state index contributed by atoms with van der Waals surface area (Å²) in [6.45, 7) is 4.30. The predicted molar refractivity (Wildman–Crippen MR) is 82.4 cm³/mol. The van der Waals surface area contributed by atoms with Crippen molar-refractivity contribution in [1.82, 2.24) is 0 Å². The SMILES string of the molecule is Cc1cc2c(cc1C)NC(c1ccc(Cl)c(Cl)c1)C2. The van der Waals surface area contributed by atoms with Gasteiger partial charge in [-0.2, -0.15) is 0 Å². The Morgan fingerprint density at radius 3 is 2.47 bits per heavy atom. The van der Waals surface area contributed by atoms with Crippen molar-refractivity contribution >= 4 is 28.9 Å². The molecule has 0 fully saturated rings. The molecule has 1 N–H and O–H groups in total. The van der Waals surface area contributed by atoms with Crippen LogP contribution < -0.4 is 5.32 Å². The Kier molecular flexibility index (Phi) is 3.20. The van der Waals surface area contributed by atoms with Crippen LogP contribution in [-0.2, 0) is 6.42 Å². The molecule has 98 valence electrons. The minimum absolute atomic E-state index is 0.283. The van der Waals surface area contributed by atoms with Gasteiger partial charge in [0.25, 0.3) is 0 Å². The second kappa shape index (κ2) is 4.73. The number of halogens is 2. The lowest BCUT2D eigenvalue weighted by Crippen LogP contribution is -2.05. The van der Waals surface area contributed by atoms with Crippen LogP contribution in [-0.4, -0.2) is 0 Å². The van der Waals surface area contributed by atoms with Crippen molar-refractivity contribution < 1.29 is 0 Å². The monoisotopic (exact) mass is 291 g/mol. The predicted octanol–water partition coefficient (Wildman–Crippen LogP) is 5.32. The highest BCUT2D eigenvalue weighted by Crippen LogP contribution is 2.37. The Hall–Kier alpha value is -1.18. The van der Waals surface area contributed by atoms with Gasteiger partial charge in [-0.15, -0.1) is 0 Å². The average molecular weight is 292 g/mol. The first-order valence-electron chi connectivity index (χ1n) is 6.36. The number of aryl methyl sites for hydroxylation is 2. The number of hydrogen-bond donors (Lipinski definition) is 1. The molecule has 1 unspecified atom stereocenters. The highest BCUT2D eigenvalue weighted by atomic mass is 35.5. The average Bonchev–Trinajstić information content (AvgIpc) is 2.76. The number of fused-ring (bicyclic) bond motifs is 1. The lowest BCUT2D eigenvalue weighted by atomic mass is 10.0. The Morgan fingerprint density at radius 1 is 1.00 bits per heavy atom. The van der Waals surface area contributed by atoms with Crippen LogP contribution in [0.1, 0.15) is 28.3 Å². The first-order valence-corrected chi connectivity index (χ1v) is 7.12. The first kappa shape index (κ1) is 12.8. The maximum absolute atomic E-state index is 6.09. The fourth-order valence-electron chi connectivity index (χ4n) is 2.57. The molecule has 0 bridgehead atoms. The van der Waals surface area contributed by atoms with Crippen LogP contribution >= 0.6 is 23.2 Å². The zero-order chi connectivity index (χ0) is 13.6. The minimum atomic E-state index is 0.283. The third kappa shape index (κ3) is 2.33. The van der Waals surface area contributed by atoms with Gasteiger partial charge in [0.05, 0.1) is 16.1 Å². The standard InChI is InChI=1S/C16H15Cl2N/c1-9-5-12-8-16(19-15(12)6-10(9)2)11-3-4-13(17)14(18)7-11/h3-7,16,19H,8H2,1-2H3. The molecule has 1 heterocycles. The second-order valence-electron chi connectivity index (χ2n) is 5.17. The molecule has 1 aliphatic rings. The topological polar surface area (TPSA) is 12.0 Å². The molecule has 2 aromatic rings. The summed E-state index contributed by atoms with van der Waals surface area (Å²) in [7, 11) is 0. The number of rotatable bonds is 1. The van der Waals surface area contributed by atoms with Crippen molar-refractivity contribution in [2.45, 2.75) is 26.3 Å². The molecule has 0 aromatic heterocycles. The van der Waals surface area contributed by atoms with Gasteiger partial charge in [0.1, 0.15) is 0 Å². The van der Waals surface area contributed by atoms with Gasteiger partial charge in [0.2, 0.25) is 0 Å². The summed E-state index contributed by atoms with van der Waals surface area (Å²) >= 11 is 12.1. The van der Waals surface area contributed by atoms with Crippen LogP contribution in [0.25, 0.3) is 0 Å². The third-order valence-electron chi connectivity index (χ3n) is 3.82. The molecule has 3 rings (SSSR count). The van der Waals surface area contributed by atoms with Gasteiger partial charge in [-0.1, -0.05) is 35.3 Å². The summed E-state index contributed by atoms with van der Waals surface area (Å²) < 4.78 is 0. The Balaban J connectivity index is 1.93. The molecular formula is C16H15Cl2N. The molecular weight excluding hydrogens is 277 g/mol. The quantitative estimate of drug-likeness (QED) is 0.750. The normalized spacial score (nSPS) is 17.2. The van der Waals surface area contributed by atoms with Crippen LogP contribution in [0, 0.1) is 13.8 Å². The molecule has 1 aliphatic heterocycles. The maximum Gasteiger partial charge on any atom is 0.0595 e. The summed E-state index contributed by atoms with van der Waals surface area (Å²) in [5.74, 6) is 0. The van der Waals surface area contributed by atoms with Crippen LogP contribution in [0.2, 0.25) is 10.0 Å². The van der Waals surface area contributed by atoms with Crippen molar-refractivity contribution in [2.24, 2.45) is 0 Å². The molecule has 0 spiro atoms. The zero-order valence-corrected chi connectivity index (χ0v) is 12.4. The van der Waals surface area contributed by atoms with Crippen LogP contribution in [0.3, 0.4) is 0 Å². The number of benzene rings is 2. The summed E-state index contributed by atoms with van der Waals surface area (Å²) in [4.78, 5) is 0. The Labute approximate surface area is 123 Å². The van der Waals surface area contributed by atoms with E-state index < -0.39 is 0 Å². The Bertz CT molecular complexity index is 618. The molecule has 0 amide bonds. The molecule has 0 radical (unpaired) electrons. The number of anilines is 1. The molecule has 0 aliphatic carbocycles. The van der Waals surface area contributed by atoms with Crippen molar-refractivity contribution in [3.05, 3.63) is 62.6 Å². The van der Waals surface area contributed by atoms with Gasteiger partial charge < -0.3 is 5.32 Å². The lowest BCUT2D eigenvalue weighted by molar-refractivity contribution is 0.824. The molecule has 2 aromatic carbocycles. The molecule has 0 saturated carbocycles. The van der Waals surface area contributed by atoms with Crippen molar-refractivity contribution in [1.29, 1.82) is 0 Å². The molecule has 1 nitrogen and oxygen atoms in total. The van der Waals surface area contributed by atoms with Crippen molar-refractivity contribution in [2.75, 3.05) is 5.32 Å². The van der Waals surface area contributed by atoms with Crippen molar-refractivity contribution in [3.63, 3.8) is 0 Å². The molecule has 0 saturated heterocycles. The molecule has 3 heteroatoms. The van der Waals surface area contributed by atoms with E-state index in [2.05, 4.69) is 31.3 Å². The van der Waals surface area contributed by atoms with Gasteiger partial charge in [-0.25, -0.2) is 0 Å². The van der Waals surface area contributed by atoms with E-state index in [9.17, 15) is 0 Å². The van der Waals surface area contributed by atoms with Gasteiger partial charge in [-0.3, -0.25) is 0 Å². The maximum atomic E-state index is 6.09. The fourth-order valence-corrected chi connectivity index (χ4v) is 2.87. The fraction of sp³-hybridized carbons (Fsp3) is 0.250. The van der Waals surface area contributed by atoms with E-state index in [1.165, 1.54) is 27.9 Å². The summed E-state index contributed by atoms with van der Waals surface area (Å²) in [6, 6.07) is 10.6. The van der Waals surface area contributed by atoms with E-state index in [-0.39, 0.29) is 6.04 Å². The Morgan fingerprint density at radius 2 is 1.74 bits per heavy atom. The van der Waals surface area contributed by atoms with Gasteiger partial charge in [-0.05, 0) is 60.7 Å². The van der Waals surface area contributed by atoms with E-state index in [0.717, 1.165) is 6.42 Å². The van der Waals surface area contributed by atoms with E-state index in [0.29, 0.717) is 10.0 Å². The van der Waals surface area contributed by atoms with Crippen LogP contribution in [0.15, 0.2) is 30.3 Å². The highest BCUT2D eigenvalue weighted by molar-refractivity contribution is 6.42. The van der Waals surface area contributed by atoms with Gasteiger partial charge >= 0.3 is 0 Å². The van der Waals surface area contributed by atoms with E-state index in [1.807, 2.05) is 18.2 Å². The van der Waals surface area contributed by atoms with Gasteiger partial charge in [0.15, 0.2) is 0 Å². The van der Waals surface area contributed by atoms with E-state index in [4.69, 9.17) is 23.2 Å².